The highest BCUT2D eigenvalue weighted by Crippen LogP contribution is 2.28. The van der Waals surface area contributed by atoms with Gasteiger partial charge in [0.2, 0.25) is 0 Å². The van der Waals surface area contributed by atoms with Crippen molar-refractivity contribution >= 4 is 17.5 Å². The Morgan fingerprint density at radius 3 is 1.93 bits per heavy atom. The van der Waals surface area contributed by atoms with E-state index >= 15 is 0 Å². The van der Waals surface area contributed by atoms with Crippen molar-refractivity contribution in [3.05, 3.63) is 84.0 Å². The molecule has 2 aromatic rings. The molecule has 0 spiro atoms. The van der Waals surface area contributed by atoms with Crippen molar-refractivity contribution in [2.45, 2.75) is 27.7 Å². The van der Waals surface area contributed by atoms with Gasteiger partial charge in [0.15, 0.2) is 5.71 Å². The Hall–Kier alpha value is -2.58. The van der Waals surface area contributed by atoms with Gasteiger partial charge in [-0.3, -0.25) is 0 Å². The van der Waals surface area contributed by atoms with Crippen molar-refractivity contribution in [3.8, 4) is 11.1 Å². The van der Waals surface area contributed by atoms with Gasteiger partial charge in [-0.15, -0.1) is 0 Å². The zero-order valence-electron chi connectivity index (χ0n) is 18.6. The first kappa shape index (κ1) is 23.7. The van der Waals surface area contributed by atoms with Gasteiger partial charge in [-0.2, -0.15) is 0 Å². The van der Waals surface area contributed by atoms with E-state index in [0.29, 0.717) is 0 Å². The molecule has 0 aliphatic heterocycles. The summed E-state index contributed by atoms with van der Waals surface area (Å²) in [6.07, 6.45) is 11.2. The van der Waals surface area contributed by atoms with E-state index in [4.69, 9.17) is 0 Å². The van der Waals surface area contributed by atoms with Crippen molar-refractivity contribution in [1.82, 2.24) is 0 Å². The maximum atomic E-state index is 2.37. The molecule has 2 aromatic carbocycles. The summed E-state index contributed by atoms with van der Waals surface area (Å²) in [6, 6.07) is 17.6. The highest BCUT2D eigenvalue weighted by molar-refractivity contribution is 6.03. The fraction of sp³-hybridized carbons (Fsp3) is 0.296. The molecule has 0 atom stereocenters. The summed E-state index contributed by atoms with van der Waals surface area (Å²) in [5, 5.41) is 0. The Labute approximate surface area is 188 Å². The van der Waals surface area contributed by atoms with Gasteiger partial charge in [0.25, 0.3) is 0 Å². The quantitative estimate of drug-likeness (QED) is 0.623. The van der Waals surface area contributed by atoms with Gasteiger partial charge in [-0.05, 0) is 80.3 Å². The molecule has 0 amide bonds. The third-order valence-electron chi connectivity index (χ3n) is 5.61. The zero-order valence-corrected chi connectivity index (χ0v) is 19.4. The standard InChI is InChI=1S/C27H33N2.ClH/c1-5-28(6-2)25-17-13-22(14-18-25)21-24-11-9-10-12-27(24)23-15-19-26(20-16-23)29(7-3)8-4;/h9-21H,5-8H2,1-4H3;1H/q+1;/p-1. The van der Waals surface area contributed by atoms with Gasteiger partial charge in [-0.25, -0.2) is 4.58 Å². The number of nitrogens with zero attached hydrogens (tertiary/aromatic N) is 2. The first-order valence-corrected chi connectivity index (χ1v) is 10.8. The Morgan fingerprint density at radius 1 is 0.767 bits per heavy atom. The second-order valence-corrected chi connectivity index (χ2v) is 7.21. The molecule has 0 bridgehead atoms. The lowest BCUT2D eigenvalue weighted by atomic mass is 9.96. The lowest BCUT2D eigenvalue weighted by Crippen LogP contribution is -3.00. The monoisotopic (exact) mass is 420 g/mol. The SMILES string of the molecule is CCN(CC)c1ccc(-c2ccccc2C=C2C=CC(=[N+](CC)CC)C=C2)cc1.[Cl-]. The van der Waals surface area contributed by atoms with Crippen LogP contribution in [0.25, 0.3) is 17.2 Å². The van der Waals surface area contributed by atoms with E-state index in [1.54, 1.807) is 0 Å². The molecule has 30 heavy (non-hydrogen) atoms. The normalized spacial score (nSPS) is 12.5. The predicted molar refractivity (Wildman–Crippen MR) is 128 cm³/mol. The second-order valence-electron chi connectivity index (χ2n) is 7.21. The van der Waals surface area contributed by atoms with Crippen LogP contribution in [0.5, 0.6) is 0 Å². The van der Waals surface area contributed by atoms with Gasteiger partial charge < -0.3 is 17.3 Å². The molecule has 0 unspecified atom stereocenters. The molecule has 158 valence electrons. The molecule has 0 heterocycles. The van der Waals surface area contributed by atoms with Crippen molar-refractivity contribution in [2.75, 3.05) is 31.1 Å². The average Bonchev–Trinajstić information content (AvgIpc) is 2.77. The van der Waals surface area contributed by atoms with Crippen LogP contribution < -0.4 is 17.3 Å². The highest BCUT2D eigenvalue weighted by Gasteiger charge is 2.10. The van der Waals surface area contributed by atoms with Crippen LogP contribution in [0.3, 0.4) is 0 Å². The van der Waals surface area contributed by atoms with Crippen LogP contribution in [-0.4, -0.2) is 36.5 Å². The second kappa shape index (κ2) is 11.6. The van der Waals surface area contributed by atoms with Crippen LogP contribution in [0.15, 0.2) is 78.4 Å². The summed E-state index contributed by atoms with van der Waals surface area (Å²) in [5.74, 6) is 0. The van der Waals surface area contributed by atoms with Crippen molar-refractivity contribution < 1.29 is 17.0 Å². The van der Waals surface area contributed by atoms with Crippen LogP contribution in [0.1, 0.15) is 33.3 Å². The molecule has 1 aliphatic carbocycles. The molecule has 0 saturated carbocycles. The summed E-state index contributed by atoms with van der Waals surface area (Å²) >= 11 is 0. The minimum absolute atomic E-state index is 0. The number of allylic oxidation sites excluding steroid dienone is 5. The third-order valence-corrected chi connectivity index (χ3v) is 5.61. The first-order chi connectivity index (χ1) is 14.2. The Bertz CT molecular complexity index is 921. The van der Waals surface area contributed by atoms with E-state index in [9.17, 15) is 0 Å². The van der Waals surface area contributed by atoms with Crippen LogP contribution >= 0.6 is 0 Å². The van der Waals surface area contributed by atoms with Gasteiger partial charge in [-0.1, -0.05) is 36.4 Å². The van der Waals surface area contributed by atoms with Crippen molar-refractivity contribution in [2.24, 2.45) is 0 Å². The smallest absolute Gasteiger partial charge is 0.199 e. The molecule has 2 nitrogen and oxygen atoms in total. The molecule has 0 saturated heterocycles. The number of benzene rings is 2. The fourth-order valence-electron chi connectivity index (χ4n) is 3.88. The highest BCUT2D eigenvalue weighted by atomic mass is 35.5. The van der Waals surface area contributed by atoms with Crippen LogP contribution in [0, 0.1) is 0 Å². The van der Waals surface area contributed by atoms with Gasteiger partial charge in [0.1, 0.15) is 13.1 Å². The third kappa shape index (κ3) is 5.52. The molecule has 0 radical (unpaired) electrons. The minimum atomic E-state index is 0. The number of hydrogen-bond acceptors (Lipinski definition) is 1. The first-order valence-electron chi connectivity index (χ1n) is 10.8. The van der Waals surface area contributed by atoms with E-state index in [2.05, 4.69) is 116 Å². The van der Waals surface area contributed by atoms with Gasteiger partial charge >= 0.3 is 0 Å². The van der Waals surface area contributed by atoms with Gasteiger partial charge in [0.05, 0.1) is 0 Å². The topological polar surface area (TPSA) is 6.25 Å². The summed E-state index contributed by atoms with van der Waals surface area (Å²) in [5.41, 5.74) is 7.57. The zero-order chi connectivity index (χ0) is 20.6. The molecular weight excluding hydrogens is 388 g/mol. The molecule has 0 fully saturated rings. The van der Waals surface area contributed by atoms with Gasteiger partial charge in [0, 0.05) is 30.9 Å². The average molecular weight is 421 g/mol. The summed E-state index contributed by atoms with van der Waals surface area (Å²) in [6.45, 7) is 12.9. The number of hydrogen-bond donors (Lipinski definition) is 0. The largest absolute Gasteiger partial charge is 1.00 e. The molecule has 3 rings (SSSR count). The maximum Gasteiger partial charge on any atom is 0.199 e. The maximum absolute atomic E-state index is 2.37. The molecular formula is C27H33ClN2. The lowest BCUT2D eigenvalue weighted by Gasteiger charge is -2.21. The molecule has 1 aliphatic rings. The summed E-state index contributed by atoms with van der Waals surface area (Å²) in [7, 11) is 0. The van der Waals surface area contributed by atoms with E-state index in [-0.39, 0.29) is 12.4 Å². The van der Waals surface area contributed by atoms with E-state index in [0.717, 1.165) is 26.2 Å². The predicted octanol–water partition coefficient (Wildman–Crippen LogP) is 3.21. The lowest BCUT2D eigenvalue weighted by molar-refractivity contribution is -0.519. The summed E-state index contributed by atoms with van der Waals surface area (Å²) < 4.78 is 2.37. The molecule has 0 N–H and O–H groups in total. The minimum Gasteiger partial charge on any atom is -1.00 e. The van der Waals surface area contributed by atoms with E-state index < -0.39 is 0 Å². The van der Waals surface area contributed by atoms with Crippen molar-refractivity contribution in [3.63, 3.8) is 0 Å². The Kier molecular flexibility index (Phi) is 9.14. The molecule has 0 aromatic heterocycles. The van der Waals surface area contributed by atoms with Crippen LogP contribution in [-0.2, 0) is 0 Å². The van der Waals surface area contributed by atoms with Crippen molar-refractivity contribution in [1.29, 1.82) is 0 Å². The Balaban J connectivity index is 0.00000320. The number of rotatable bonds is 7. The van der Waals surface area contributed by atoms with Crippen LogP contribution in [0.2, 0.25) is 0 Å². The summed E-state index contributed by atoms with van der Waals surface area (Å²) in [4.78, 5) is 2.37. The Morgan fingerprint density at radius 2 is 1.37 bits per heavy atom. The van der Waals surface area contributed by atoms with E-state index in [1.165, 1.54) is 33.7 Å². The fourth-order valence-corrected chi connectivity index (χ4v) is 3.88. The number of anilines is 1. The van der Waals surface area contributed by atoms with E-state index in [1.807, 2.05) is 0 Å². The van der Waals surface area contributed by atoms with Crippen LogP contribution in [0.4, 0.5) is 5.69 Å². The number of halogens is 1. The molecule has 3 heteroatoms.